The molecule has 1 fully saturated rings. The lowest BCUT2D eigenvalue weighted by molar-refractivity contribution is 0.280. The molecule has 0 amide bonds. The summed E-state index contributed by atoms with van der Waals surface area (Å²) in [5.74, 6) is 0.448. The predicted molar refractivity (Wildman–Crippen MR) is 74.3 cm³/mol. The van der Waals surface area contributed by atoms with Gasteiger partial charge in [-0.1, -0.05) is 43.0 Å². The lowest BCUT2D eigenvalue weighted by atomic mass is 9.84. The Morgan fingerprint density at radius 2 is 2.06 bits per heavy atom. The molecule has 0 bridgehead atoms. The standard InChI is InChI=1S/C15H21ClFN/c1-11(12-6-3-2-4-7-12)18-10-13-8-5-9-14(16)15(13)17/h5,8-9,11-12,18H,2-4,6-7,10H2,1H3/t11-/m0/s1. The van der Waals surface area contributed by atoms with Crippen LogP contribution in [0.25, 0.3) is 0 Å². The van der Waals surface area contributed by atoms with Crippen LogP contribution in [0.4, 0.5) is 4.39 Å². The van der Waals surface area contributed by atoms with Crippen LogP contribution >= 0.6 is 11.6 Å². The molecule has 1 atom stereocenters. The third-order valence-electron chi connectivity index (χ3n) is 4.00. The molecule has 1 saturated carbocycles. The van der Waals surface area contributed by atoms with E-state index in [1.54, 1.807) is 18.2 Å². The zero-order valence-corrected chi connectivity index (χ0v) is 11.6. The van der Waals surface area contributed by atoms with Crippen molar-refractivity contribution in [3.8, 4) is 0 Å². The zero-order valence-electron chi connectivity index (χ0n) is 10.9. The first-order valence-corrected chi connectivity index (χ1v) is 7.22. The monoisotopic (exact) mass is 269 g/mol. The number of rotatable bonds is 4. The topological polar surface area (TPSA) is 12.0 Å². The number of benzene rings is 1. The van der Waals surface area contributed by atoms with Crippen molar-refractivity contribution in [1.82, 2.24) is 5.32 Å². The molecule has 1 aliphatic rings. The third-order valence-corrected chi connectivity index (χ3v) is 4.29. The van der Waals surface area contributed by atoms with Crippen molar-refractivity contribution in [2.75, 3.05) is 0 Å². The van der Waals surface area contributed by atoms with Crippen molar-refractivity contribution in [3.05, 3.63) is 34.6 Å². The summed E-state index contributed by atoms with van der Waals surface area (Å²) in [6, 6.07) is 5.63. The van der Waals surface area contributed by atoms with E-state index >= 15 is 0 Å². The molecular formula is C15H21ClFN. The van der Waals surface area contributed by atoms with Crippen LogP contribution < -0.4 is 5.32 Å². The first kappa shape index (κ1) is 13.8. The average molecular weight is 270 g/mol. The largest absolute Gasteiger partial charge is 0.310 e. The highest BCUT2D eigenvalue weighted by Gasteiger charge is 2.19. The Balaban J connectivity index is 1.88. The molecule has 1 aromatic carbocycles. The summed E-state index contributed by atoms with van der Waals surface area (Å²) in [4.78, 5) is 0. The van der Waals surface area contributed by atoms with E-state index in [0.717, 1.165) is 5.92 Å². The fourth-order valence-corrected chi connectivity index (χ4v) is 2.95. The summed E-state index contributed by atoms with van der Waals surface area (Å²) in [6.07, 6.45) is 6.63. The van der Waals surface area contributed by atoms with E-state index in [2.05, 4.69) is 12.2 Å². The minimum Gasteiger partial charge on any atom is -0.310 e. The smallest absolute Gasteiger partial charge is 0.146 e. The van der Waals surface area contributed by atoms with E-state index in [9.17, 15) is 4.39 Å². The molecule has 1 N–H and O–H groups in total. The molecule has 1 nitrogen and oxygen atoms in total. The third kappa shape index (κ3) is 3.46. The highest BCUT2D eigenvalue weighted by molar-refractivity contribution is 6.30. The SMILES string of the molecule is C[C@H](NCc1cccc(Cl)c1F)C1CCCCC1. The fraction of sp³-hybridized carbons (Fsp3) is 0.600. The van der Waals surface area contributed by atoms with Gasteiger partial charge in [0.1, 0.15) is 5.82 Å². The van der Waals surface area contributed by atoms with Crippen molar-refractivity contribution >= 4 is 11.6 Å². The van der Waals surface area contributed by atoms with Gasteiger partial charge in [0.2, 0.25) is 0 Å². The molecule has 2 rings (SSSR count). The summed E-state index contributed by atoms with van der Waals surface area (Å²) in [5.41, 5.74) is 0.658. The first-order valence-electron chi connectivity index (χ1n) is 6.84. The minimum absolute atomic E-state index is 0.208. The quantitative estimate of drug-likeness (QED) is 0.846. The van der Waals surface area contributed by atoms with Gasteiger partial charge in [-0.15, -0.1) is 0 Å². The molecule has 0 aliphatic heterocycles. The maximum Gasteiger partial charge on any atom is 0.146 e. The van der Waals surface area contributed by atoms with Gasteiger partial charge in [0.05, 0.1) is 5.02 Å². The molecule has 1 aromatic rings. The van der Waals surface area contributed by atoms with Crippen LogP contribution in [0, 0.1) is 11.7 Å². The maximum absolute atomic E-state index is 13.7. The van der Waals surface area contributed by atoms with E-state index in [-0.39, 0.29) is 10.8 Å². The summed E-state index contributed by atoms with van der Waals surface area (Å²) in [7, 11) is 0. The van der Waals surface area contributed by atoms with Crippen LogP contribution in [0.15, 0.2) is 18.2 Å². The van der Waals surface area contributed by atoms with E-state index in [1.165, 1.54) is 32.1 Å². The minimum atomic E-state index is -0.289. The highest BCUT2D eigenvalue weighted by atomic mass is 35.5. The molecule has 100 valence electrons. The number of nitrogens with one attached hydrogen (secondary N) is 1. The normalized spacial score (nSPS) is 18.8. The molecule has 3 heteroatoms. The van der Waals surface area contributed by atoms with E-state index in [1.807, 2.05) is 0 Å². The van der Waals surface area contributed by atoms with E-state index < -0.39 is 0 Å². The van der Waals surface area contributed by atoms with E-state index in [4.69, 9.17) is 11.6 Å². The van der Waals surface area contributed by atoms with Crippen LogP contribution in [0.1, 0.15) is 44.6 Å². The fourth-order valence-electron chi connectivity index (χ4n) is 2.76. The number of hydrogen-bond acceptors (Lipinski definition) is 1. The molecule has 0 spiro atoms. The Kier molecular flexibility index (Phi) is 5.02. The second kappa shape index (κ2) is 6.53. The van der Waals surface area contributed by atoms with Crippen molar-refractivity contribution in [2.24, 2.45) is 5.92 Å². The van der Waals surface area contributed by atoms with Crippen molar-refractivity contribution in [1.29, 1.82) is 0 Å². The van der Waals surface area contributed by atoms with E-state index in [0.29, 0.717) is 18.2 Å². The van der Waals surface area contributed by atoms with Gasteiger partial charge in [-0.2, -0.15) is 0 Å². The highest BCUT2D eigenvalue weighted by Crippen LogP contribution is 2.26. The Bertz CT molecular complexity index is 388. The molecule has 0 saturated heterocycles. The maximum atomic E-state index is 13.7. The van der Waals surface area contributed by atoms with Crippen molar-refractivity contribution in [2.45, 2.75) is 51.6 Å². The molecule has 0 heterocycles. The Morgan fingerprint density at radius 1 is 1.33 bits per heavy atom. The van der Waals surface area contributed by atoms with Crippen molar-refractivity contribution in [3.63, 3.8) is 0 Å². The lowest BCUT2D eigenvalue weighted by Gasteiger charge is -2.28. The summed E-state index contributed by atoms with van der Waals surface area (Å²) >= 11 is 5.78. The number of hydrogen-bond donors (Lipinski definition) is 1. The van der Waals surface area contributed by atoms with Crippen molar-refractivity contribution < 1.29 is 4.39 Å². The lowest BCUT2D eigenvalue weighted by Crippen LogP contribution is -2.34. The average Bonchev–Trinajstić information content (AvgIpc) is 2.41. The molecule has 18 heavy (non-hydrogen) atoms. The van der Waals surface area contributed by atoms with Crippen LogP contribution in [-0.2, 0) is 6.54 Å². The van der Waals surface area contributed by atoms with Gasteiger partial charge in [-0.25, -0.2) is 4.39 Å². The van der Waals surface area contributed by atoms with Crippen LogP contribution in [0.5, 0.6) is 0 Å². The van der Waals surface area contributed by atoms with Crippen LogP contribution in [0.3, 0.4) is 0 Å². The van der Waals surface area contributed by atoms with Gasteiger partial charge in [-0.05, 0) is 31.7 Å². The van der Waals surface area contributed by atoms with Crippen LogP contribution in [0.2, 0.25) is 5.02 Å². The zero-order chi connectivity index (χ0) is 13.0. The first-order chi connectivity index (χ1) is 8.68. The van der Waals surface area contributed by atoms with Gasteiger partial charge in [0.25, 0.3) is 0 Å². The Labute approximate surface area is 114 Å². The molecule has 0 unspecified atom stereocenters. The van der Waals surface area contributed by atoms with Gasteiger partial charge < -0.3 is 5.32 Å². The summed E-state index contributed by atoms with van der Waals surface area (Å²) in [6.45, 7) is 2.77. The molecule has 1 aliphatic carbocycles. The van der Waals surface area contributed by atoms with Crippen LogP contribution in [-0.4, -0.2) is 6.04 Å². The van der Waals surface area contributed by atoms with Gasteiger partial charge in [0, 0.05) is 18.2 Å². The molecule has 0 radical (unpaired) electrons. The Hall–Kier alpha value is -0.600. The van der Waals surface area contributed by atoms with Gasteiger partial charge in [0.15, 0.2) is 0 Å². The second-order valence-corrected chi connectivity index (χ2v) is 5.69. The van der Waals surface area contributed by atoms with Gasteiger partial charge >= 0.3 is 0 Å². The molecular weight excluding hydrogens is 249 g/mol. The Morgan fingerprint density at radius 3 is 2.78 bits per heavy atom. The summed E-state index contributed by atoms with van der Waals surface area (Å²) in [5, 5.41) is 3.65. The second-order valence-electron chi connectivity index (χ2n) is 5.28. The molecule has 0 aromatic heterocycles. The predicted octanol–water partition coefficient (Wildman–Crippen LogP) is 4.54. The van der Waals surface area contributed by atoms with Gasteiger partial charge in [-0.3, -0.25) is 0 Å². The number of halogens is 2. The summed E-state index contributed by atoms with van der Waals surface area (Å²) < 4.78 is 13.7.